The Bertz CT molecular complexity index is 1270. The summed E-state index contributed by atoms with van der Waals surface area (Å²) < 4.78 is 129. The van der Waals surface area contributed by atoms with Crippen LogP contribution < -0.4 is 5.32 Å². The van der Waals surface area contributed by atoms with Gasteiger partial charge in [-0.1, -0.05) is 11.6 Å². The van der Waals surface area contributed by atoms with E-state index in [0.29, 0.717) is 17.7 Å². The number of carbonyl (C=O) groups excluding carboxylic acids is 1. The minimum atomic E-state index is -4.87. The molecule has 1 aliphatic rings. The predicted octanol–water partition coefficient (Wildman–Crippen LogP) is 3.31. The number of carbonyl (C=O) groups is 1. The first-order chi connectivity index (χ1) is 17.4. The quantitative estimate of drug-likeness (QED) is 0.827. The second-order valence-electron chi connectivity index (χ2n) is 5.36. The van der Waals surface area contributed by atoms with Gasteiger partial charge in [0.1, 0.15) is 17.3 Å². The molecule has 1 fully saturated rings. The molecule has 0 unspecified atom stereocenters. The summed E-state index contributed by atoms with van der Waals surface area (Å²) in [5.41, 5.74) is -5.11. The van der Waals surface area contributed by atoms with E-state index in [9.17, 15) is 9.18 Å². The molecule has 0 aliphatic carbocycles. The molecule has 0 spiro atoms. The van der Waals surface area contributed by atoms with Crippen molar-refractivity contribution in [2.75, 3.05) is 19.5 Å². The zero-order valence-corrected chi connectivity index (χ0v) is 14.5. The molecular weight excluding hydrogens is 374 g/mol. The lowest BCUT2D eigenvalue weighted by molar-refractivity contribution is 0.0434. The Morgan fingerprint density at radius 3 is 2.70 bits per heavy atom. The minimum Gasteiger partial charge on any atom is -0.338 e. The summed E-state index contributed by atoms with van der Waals surface area (Å²) in [5, 5.41) is 0.784. The molecule has 1 amide bonds. The highest BCUT2D eigenvalue weighted by molar-refractivity contribution is 6.31. The molecule has 0 radical (unpaired) electrons. The first-order valence-electron chi connectivity index (χ1n) is 13.5. The monoisotopic (exact) mass is 406 g/mol. The molecule has 27 heavy (non-hydrogen) atoms. The van der Waals surface area contributed by atoms with E-state index in [0.717, 1.165) is 18.5 Å². The molecule has 144 valence electrons. The number of nitrogens with zero attached hydrogens (tertiary/aromatic N) is 3. The van der Waals surface area contributed by atoms with Crippen LogP contribution in [-0.2, 0) is 6.50 Å². The van der Waals surface area contributed by atoms with Crippen LogP contribution in [0.2, 0.25) is 5.02 Å². The van der Waals surface area contributed by atoms with Gasteiger partial charge in [-0.15, -0.1) is 0 Å². The second-order valence-corrected chi connectivity index (χ2v) is 5.77. The fourth-order valence-corrected chi connectivity index (χ4v) is 2.06. The summed E-state index contributed by atoms with van der Waals surface area (Å²) in [6.07, 6.45) is -6.56. The number of aromatic nitrogens is 2. The Hall–Kier alpha value is -2.12. The average Bonchev–Trinajstić information content (AvgIpc) is 2.78. The summed E-state index contributed by atoms with van der Waals surface area (Å²) in [6, 6.07) is 2.03. The molecule has 1 aromatic heterocycles. The highest BCUT2D eigenvalue weighted by Gasteiger charge is 2.36. The molecule has 8 heteroatoms. The van der Waals surface area contributed by atoms with E-state index in [4.69, 9.17) is 28.1 Å². The topological polar surface area (TPSA) is 58.1 Å². The van der Waals surface area contributed by atoms with Gasteiger partial charge in [-0.3, -0.25) is 4.79 Å². The van der Waals surface area contributed by atoms with E-state index < -0.39 is 77.4 Å². The summed E-state index contributed by atoms with van der Waals surface area (Å²) in [6.45, 7) is -14.1. The molecule has 0 atom stereocenters. The molecule has 0 saturated carbocycles. The fraction of sp³-hybridized carbons (Fsp3) is 0.421. The maximum absolute atomic E-state index is 16.9. The van der Waals surface area contributed by atoms with E-state index in [1.54, 1.807) is 6.92 Å². The molecule has 3 rings (SSSR count). The Morgan fingerprint density at radius 1 is 1.41 bits per heavy atom. The Kier molecular flexibility index (Phi) is 2.87. The van der Waals surface area contributed by atoms with Gasteiger partial charge in [-0.2, -0.15) is 0 Å². The third-order valence-electron chi connectivity index (χ3n) is 3.24. The van der Waals surface area contributed by atoms with Crippen molar-refractivity contribution in [3.63, 3.8) is 0 Å². The molecule has 0 bridgehead atoms. The van der Waals surface area contributed by atoms with Crippen LogP contribution >= 0.6 is 11.6 Å². The second kappa shape index (κ2) is 8.27. The molecule has 1 saturated heterocycles. The van der Waals surface area contributed by atoms with E-state index in [2.05, 4.69) is 9.97 Å². The molecular formula is C19H21ClF2N4O. The van der Waals surface area contributed by atoms with Crippen LogP contribution in [0.15, 0.2) is 30.6 Å². The highest BCUT2D eigenvalue weighted by Crippen LogP contribution is 2.27. The molecule has 1 aromatic carbocycles. The minimum absolute atomic E-state index is 0.466. The zero-order valence-electron chi connectivity index (χ0n) is 25.8. The number of amides is 1. The standard InChI is InChI=1S/C19H21ClF2N4O/c1-13-9-24-17(25-10-13)11-23-12-19(22)4-6-26(7-5-19)18(27)14-2-3-16(21)15(20)8-14/h2-3,8-10,23H,4-7,11-12H2,1H3/i4D2,5D2,6D2,7D2,11D2,12D2. The normalized spacial score (nSPS) is 31.5. The number of likely N-dealkylation sites (tertiary alicyclic amines) is 1. The van der Waals surface area contributed by atoms with E-state index in [1.165, 1.54) is 5.32 Å². The van der Waals surface area contributed by atoms with E-state index in [-0.39, 0.29) is 0 Å². The summed E-state index contributed by atoms with van der Waals surface area (Å²) >= 11 is 5.63. The number of hydrogen-bond acceptors (Lipinski definition) is 4. The SMILES string of the molecule is [2H]C([2H])(NC([2H])([2H])C1(F)C([2H])([2H])C([2H])([2H])N(C(=O)c2ccc(F)c(Cl)c2)C([2H])([2H])C1([2H])[2H])c1ncc(C)cn1. The van der Waals surface area contributed by atoms with Crippen LogP contribution in [0.25, 0.3) is 0 Å². The number of alkyl halides is 1. The van der Waals surface area contributed by atoms with Gasteiger partial charge in [0.2, 0.25) is 0 Å². The average molecular weight is 407 g/mol. The lowest BCUT2D eigenvalue weighted by atomic mass is 9.92. The fourth-order valence-electron chi connectivity index (χ4n) is 1.88. The van der Waals surface area contributed by atoms with Crippen molar-refractivity contribution in [2.45, 2.75) is 31.8 Å². The lowest BCUT2D eigenvalue weighted by Crippen LogP contribution is -2.48. The van der Waals surface area contributed by atoms with Crippen LogP contribution in [0, 0.1) is 12.7 Å². The van der Waals surface area contributed by atoms with Crippen LogP contribution in [0.1, 0.15) is 50.9 Å². The first-order valence-corrected chi connectivity index (χ1v) is 7.85. The van der Waals surface area contributed by atoms with Crippen LogP contribution in [0.4, 0.5) is 8.78 Å². The lowest BCUT2D eigenvalue weighted by Gasteiger charge is -2.36. The van der Waals surface area contributed by atoms with Crippen molar-refractivity contribution >= 4 is 17.5 Å². The third-order valence-corrected chi connectivity index (χ3v) is 3.53. The van der Waals surface area contributed by atoms with Gasteiger partial charge in [0.15, 0.2) is 0 Å². The number of piperidine rings is 1. The first kappa shape index (κ1) is 9.39. The van der Waals surface area contributed by atoms with Gasteiger partial charge in [0, 0.05) is 63.9 Å². The van der Waals surface area contributed by atoms with Crippen molar-refractivity contribution in [3.8, 4) is 0 Å². The zero-order chi connectivity index (χ0) is 30.2. The van der Waals surface area contributed by atoms with Gasteiger partial charge in [0.25, 0.3) is 5.91 Å². The van der Waals surface area contributed by atoms with Crippen molar-refractivity contribution < 1.29 is 30.0 Å². The van der Waals surface area contributed by atoms with Gasteiger partial charge in [0.05, 0.1) is 14.3 Å². The molecule has 5 nitrogen and oxygen atoms in total. The Labute approximate surface area is 178 Å². The number of aryl methyl sites for hydroxylation is 1. The number of nitrogens with one attached hydrogen (secondary N) is 1. The van der Waals surface area contributed by atoms with Gasteiger partial charge < -0.3 is 10.2 Å². The summed E-state index contributed by atoms with van der Waals surface area (Å²) in [7, 11) is 0. The van der Waals surface area contributed by atoms with Crippen molar-refractivity contribution in [1.82, 2.24) is 20.2 Å². The van der Waals surface area contributed by atoms with Crippen molar-refractivity contribution in [1.29, 1.82) is 0 Å². The number of hydrogen-bond donors (Lipinski definition) is 1. The van der Waals surface area contributed by atoms with E-state index in [1.807, 2.05) is 0 Å². The summed E-state index contributed by atoms with van der Waals surface area (Å²) in [4.78, 5) is 19.9. The van der Waals surface area contributed by atoms with Crippen LogP contribution in [0.3, 0.4) is 0 Å². The van der Waals surface area contributed by atoms with Gasteiger partial charge in [-0.05, 0) is 30.7 Å². The number of halogens is 3. The van der Waals surface area contributed by atoms with Gasteiger partial charge >= 0.3 is 0 Å². The van der Waals surface area contributed by atoms with Crippen LogP contribution in [0.5, 0.6) is 0 Å². The largest absolute Gasteiger partial charge is 0.338 e. The molecule has 2 aromatic rings. The van der Waals surface area contributed by atoms with Crippen molar-refractivity contribution in [2.24, 2.45) is 0 Å². The number of rotatable bonds is 5. The molecule has 1 aliphatic heterocycles. The maximum Gasteiger partial charge on any atom is 0.253 e. The van der Waals surface area contributed by atoms with Gasteiger partial charge in [-0.25, -0.2) is 18.7 Å². The predicted molar refractivity (Wildman–Crippen MR) is 98.9 cm³/mol. The maximum atomic E-state index is 16.9. The number of benzene rings is 1. The van der Waals surface area contributed by atoms with E-state index >= 15 is 4.39 Å². The Balaban J connectivity index is 2.20. The highest BCUT2D eigenvalue weighted by atomic mass is 35.5. The summed E-state index contributed by atoms with van der Waals surface area (Å²) in [5.74, 6) is -3.54. The molecule has 2 heterocycles. The smallest absolute Gasteiger partial charge is 0.253 e. The van der Waals surface area contributed by atoms with Crippen LogP contribution in [-0.4, -0.2) is 45.9 Å². The molecule has 1 N–H and O–H groups in total. The third kappa shape index (κ3) is 4.99. The Morgan fingerprint density at radius 2 is 2.07 bits per heavy atom. The van der Waals surface area contributed by atoms with Crippen molar-refractivity contribution in [3.05, 3.63) is 58.4 Å².